The molecule has 0 bridgehead atoms. The lowest BCUT2D eigenvalue weighted by Crippen LogP contribution is -2.41. The first-order valence-electron chi connectivity index (χ1n) is 6.30. The fourth-order valence-electron chi connectivity index (χ4n) is 2.43. The average molecular weight is 248 g/mol. The van der Waals surface area contributed by atoms with Crippen molar-refractivity contribution in [2.24, 2.45) is 5.73 Å². The van der Waals surface area contributed by atoms with Gasteiger partial charge in [0.25, 0.3) is 0 Å². The minimum Gasteiger partial charge on any atom is -0.496 e. The molecule has 1 aromatic carbocycles. The highest BCUT2D eigenvalue weighted by Gasteiger charge is 2.31. The topological polar surface area (TPSA) is 55.6 Å². The minimum absolute atomic E-state index is 0.103. The first-order chi connectivity index (χ1) is 8.63. The first kappa shape index (κ1) is 12.9. The number of methoxy groups -OCH3 is 1. The van der Waals surface area contributed by atoms with E-state index in [0.717, 1.165) is 24.3 Å². The highest BCUT2D eigenvalue weighted by Crippen LogP contribution is 2.21. The standard InChI is InChI=1S/C14H20N2O2/c1-10-12(15)7-8-16(10)14(17)9-11-5-3-4-6-13(11)18-2/h3-6,10,12H,7-9,15H2,1-2H3. The number of carbonyl (C=O) groups excluding carboxylic acids is 1. The highest BCUT2D eigenvalue weighted by molar-refractivity contribution is 5.80. The van der Waals surface area contributed by atoms with Crippen molar-refractivity contribution >= 4 is 5.91 Å². The summed E-state index contributed by atoms with van der Waals surface area (Å²) in [5.41, 5.74) is 6.87. The Labute approximate surface area is 108 Å². The molecule has 1 aliphatic heterocycles. The SMILES string of the molecule is COc1ccccc1CC(=O)N1CCC(N)C1C. The van der Waals surface area contributed by atoms with Crippen LogP contribution < -0.4 is 10.5 Å². The molecule has 2 atom stereocenters. The molecule has 4 nitrogen and oxygen atoms in total. The number of nitrogens with two attached hydrogens (primary N) is 1. The molecule has 0 spiro atoms. The zero-order chi connectivity index (χ0) is 13.1. The number of nitrogens with zero attached hydrogens (tertiary/aromatic N) is 1. The molecule has 0 aliphatic carbocycles. The van der Waals surface area contributed by atoms with Gasteiger partial charge in [0.15, 0.2) is 0 Å². The number of likely N-dealkylation sites (tertiary alicyclic amines) is 1. The van der Waals surface area contributed by atoms with Crippen molar-refractivity contribution in [3.8, 4) is 5.75 Å². The fourth-order valence-corrected chi connectivity index (χ4v) is 2.43. The highest BCUT2D eigenvalue weighted by atomic mass is 16.5. The number of benzene rings is 1. The molecule has 1 fully saturated rings. The second kappa shape index (κ2) is 5.40. The van der Waals surface area contributed by atoms with Crippen molar-refractivity contribution in [1.82, 2.24) is 4.90 Å². The minimum atomic E-state index is 0.103. The Morgan fingerprint density at radius 2 is 2.22 bits per heavy atom. The molecule has 0 radical (unpaired) electrons. The molecule has 0 aromatic heterocycles. The van der Waals surface area contributed by atoms with Crippen molar-refractivity contribution < 1.29 is 9.53 Å². The lowest BCUT2D eigenvalue weighted by Gasteiger charge is -2.23. The van der Waals surface area contributed by atoms with E-state index in [1.165, 1.54) is 0 Å². The quantitative estimate of drug-likeness (QED) is 0.874. The van der Waals surface area contributed by atoms with Crippen LogP contribution in [-0.4, -0.2) is 36.5 Å². The molecular formula is C14H20N2O2. The van der Waals surface area contributed by atoms with Crippen LogP contribution in [-0.2, 0) is 11.2 Å². The first-order valence-corrected chi connectivity index (χ1v) is 6.30. The van der Waals surface area contributed by atoms with Crippen LogP contribution in [0.15, 0.2) is 24.3 Å². The molecule has 1 aliphatic rings. The van der Waals surface area contributed by atoms with Gasteiger partial charge in [-0.2, -0.15) is 0 Å². The maximum Gasteiger partial charge on any atom is 0.227 e. The van der Waals surface area contributed by atoms with Gasteiger partial charge in [0.1, 0.15) is 5.75 Å². The summed E-state index contributed by atoms with van der Waals surface area (Å²) in [5, 5.41) is 0. The number of amides is 1. The molecule has 0 saturated carbocycles. The van der Waals surface area contributed by atoms with Gasteiger partial charge in [-0.25, -0.2) is 0 Å². The van der Waals surface area contributed by atoms with E-state index in [-0.39, 0.29) is 18.0 Å². The Balaban J connectivity index is 2.07. The van der Waals surface area contributed by atoms with E-state index in [1.807, 2.05) is 36.1 Å². The Kier molecular flexibility index (Phi) is 3.87. The van der Waals surface area contributed by atoms with Crippen LogP contribution in [0.1, 0.15) is 18.9 Å². The van der Waals surface area contributed by atoms with Gasteiger partial charge in [-0.05, 0) is 19.4 Å². The van der Waals surface area contributed by atoms with Crippen LogP contribution in [0.3, 0.4) is 0 Å². The molecule has 1 aromatic rings. The van der Waals surface area contributed by atoms with E-state index >= 15 is 0 Å². The summed E-state index contributed by atoms with van der Waals surface area (Å²) >= 11 is 0. The van der Waals surface area contributed by atoms with Crippen LogP contribution >= 0.6 is 0 Å². The van der Waals surface area contributed by atoms with Crippen molar-refractivity contribution in [2.75, 3.05) is 13.7 Å². The van der Waals surface area contributed by atoms with Crippen LogP contribution in [0, 0.1) is 0 Å². The largest absolute Gasteiger partial charge is 0.496 e. The molecule has 98 valence electrons. The third kappa shape index (κ3) is 2.48. The molecule has 1 heterocycles. The second-order valence-electron chi connectivity index (χ2n) is 4.77. The number of carbonyl (C=O) groups is 1. The summed E-state index contributed by atoms with van der Waals surface area (Å²) in [5.74, 6) is 0.891. The fraction of sp³-hybridized carbons (Fsp3) is 0.500. The average Bonchev–Trinajstić information content (AvgIpc) is 2.71. The second-order valence-corrected chi connectivity index (χ2v) is 4.77. The molecule has 2 unspecified atom stereocenters. The zero-order valence-corrected chi connectivity index (χ0v) is 10.9. The Morgan fingerprint density at radius 1 is 1.50 bits per heavy atom. The van der Waals surface area contributed by atoms with E-state index in [1.54, 1.807) is 7.11 Å². The molecule has 4 heteroatoms. The maximum absolute atomic E-state index is 12.3. The van der Waals surface area contributed by atoms with Gasteiger partial charge < -0.3 is 15.4 Å². The van der Waals surface area contributed by atoms with Gasteiger partial charge >= 0.3 is 0 Å². The molecular weight excluding hydrogens is 228 g/mol. The van der Waals surface area contributed by atoms with Crippen LogP contribution in [0.2, 0.25) is 0 Å². The molecule has 2 rings (SSSR count). The maximum atomic E-state index is 12.3. The Bertz CT molecular complexity index is 434. The van der Waals surface area contributed by atoms with Gasteiger partial charge in [-0.1, -0.05) is 18.2 Å². The van der Waals surface area contributed by atoms with Gasteiger partial charge in [-0.15, -0.1) is 0 Å². The summed E-state index contributed by atoms with van der Waals surface area (Å²) in [4.78, 5) is 14.1. The predicted octanol–water partition coefficient (Wildman–Crippen LogP) is 1.19. The van der Waals surface area contributed by atoms with E-state index in [4.69, 9.17) is 10.5 Å². The normalized spacial score (nSPS) is 23.2. The van der Waals surface area contributed by atoms with Crippen molar-refractivity contribution in [1.29, 1.82) is 0 Å². The van der Waals surface area contributed by atoms with Crippen LogP contribution in [0.25, 0.3) is 0 Å². The molecule has 1 saturated heterocycles. The third-order valence-electron chi connectivity index (χ3n) is 3.67. The summed E-state index contributed by atoms with van der Waals surface area (Å²) in [6, 6.07) is 7.86. The van der Waals surface area contributed by atoms with Crippen molar-refractivity contribution in [3.05, 3.63) is 29.8 Å². The molecule has 2 N–H and O–H groups in total. The lowest BCUT2D eigenvalue weighted by atomic mass is 10.1. The molecule has 18 heavy (non-hydrogen) atoms. The van der Waals surface area contributed by atoms with Gasteiger partial charge in [0.05, 0.1) is 13.5 Å². The van der Waals surface area contributed by atoms with E-state index < -0.39 is 0 Å². The van der Waals surface area contributed by atoms with E-state index in [9.17, 15) is 4.79 Å². The zero-order valence-electron chi connectivity index (χ0n) is 10.9. The number of hydrogen-bond donors (Lipinski definition) is 1. The molecule has 1 amide bonds. The van der Waals surface area contributed by atoms with E-state index in [0.29, 0.717) is 6.42 Å². The smallest absolute Gasteiger partial charge is 0.227 e. The third-order valence-corrected chi connectivity index (χ3v) is 3.67. The Morgan fingerprint density at radius 3 is 2.83 bits per heavy atom. The summed E-state index contributed by atoms with van der Waals surface area (Å²) in [6.07, 6.45) is 1.26. The van der Waals surface area contributed by atoms with Crippen LogP contribution in [0.4, 0.5) is 0 Å². The lowest BCUT2D eigenvalue weighted by molar-refractivity contribution is -0.131. The number of para-hydroxylation sites is 1. The number of rotatable bonds is 3. The summed E-state index contributed by atoms with van der Waals surface area (Å²) in [6.45, 7) is 2.77. The summed E-state index contributed by atoms with van der Waals surface area (Å²) < 4.78 is 5.26. The number of ether oxygens (including phenoxy) is 1. The van der Waals surface area contributed by atoms with Gasteiger partial charge in [0, 0.05) is 24.2 Å². The van der Waals surface area contributed by atoms with Crippen molar-refractivity contribution in [3.63, 3.8) is 0 Å². The number of hydrogen-bond acceptors (Lipinski definition) is 3. The van der Waals surface area contributed by atoms with E-state index in [2.05, 4.69) is 0 Å². The summed E-state index contributed by atoms with van der Waals surface area (Å²) in [7, 11) is 1.62. The predicted molar refractivity (Wildman–Crippen MR) is 70.5 cm³/mol. The monoisotopic (exact) mass is 248 g/mol. The Hall–Kier alpha value is -1.55. The van der Waals surface area contributed by atoms with Crippen LogP contribution in [0.5, 0.6) is 5.75 Å². The van der Waals surface area contributed by atoms with Crippen molar-refractivity contribution in [2.45, 2.75) is 31.8 Å². The van der Waals surface area contributed by atoms with Gasteiger partial charge in [-0.3, -0.25) is 4.79 Å². The van der Waals surface area contributed by atoms with Gasteiger partial charge in [0.2, 0.25) is 5.91 Å².